The molecule has 0 aliphatic carbocycles. The zero-order valence-corrected chi connectivity index (χ0v) is 15.9. The third-order valence-electron chi connectivity index (χ3n) is 5.03. The van der Waals surface area contributed by atoms with Gasteiger partial charge in [-0.1, -0.05) is 6.92 Å². The predicted octanol–water partition coefficient (Wildman–Crippen LogP) is 4.30. The predicted molar refractivity (Wildman–Crippen MR) is 107 cm³/mol. The summed E-state index contributed by atoms with van der Waals surface area (Å²) in [5, 5.41) is 3.28. The molecule has 0 saturated carbocycles. The Hall–Kier alpha value is -2.56. The highest BCUT2D eigenvalue weighted by molar-refractivity contribution is 5.94. The van der Waals surface area contributed by atoms with Crippen LogP contribution in [0, 0.1) is 0 Å². The van der Waals surface area contributed by atoms with Crippen LogP contribution in [0.3, 0.4) is 0 Å². The number of nitrogens with one attached hydrogen (secondary N) is 1. The SMILES string of the molecule is CCC1CCCCN1C(=O)c1ccc(Nc2ccc(N(C)C)cc2)nc1. The summed E-state index contributed by atoms with van der Waals surface area (Å²) in [7, 11) is 4.04. The van der Waals surface area contributed by atoms with Crippen molar-refractivity contribution in [3.05, 3.63) is 48.2 Å². The number of piperidine rings is 1. The van der Waals surface area contributed by atoms with Crippen LogP contribution in [0.2, 0.25) is 0 Å². The first-order valence-corrected chi connectivity index (χ1v) is 9.40. The van der Waals surface area contributed by atoms with Crippen molar-refractivity contribution in [2.75, 3.05) is 30.9 Å². The van der Waals surface area contributed by atoms with Crippen molar-refractivity contribution >= 4 is 23.1 Å². The van der Waals surface area contributed by atoms with Gasteiger partial charge in [-0.15, -0.1) is 0 Å². The lowest BCUT2D eigenvalue weighted by Crippen LogP contribution is -2.43. The molecule has 3 rings (SSSR count). The van der Waals surface area contributed by atoms with Crippen LogP contribution >= 0.6 is 0 Å². The van der Waals surface area contributed by atoms with Crippen molar-refractivity contribution in [1.82, 2.24) is 9.88 Å². The quantitative estimate of drug-likeness (QED) is 0.872. The molecule has 0 spiro atoms. The van der Waals surface area contributed by atoms with Gasteiger partial charge >= 0.3 is 0 Å². The number of carbonyl (C=O) groups excluding carboxylic acids is 1. The topological polar surface area (TPSA) is 48.5 Å². The Morgan fingerprint density at radius 3 is 2.58 bits per heavy atom. The lowest BCUT2D eigenvalue weighted by atomic mass is 9.99. The normalized spacial score (nSPS) is 17.0. The van der Waals surface area contributed by atoms with E-state index in [0.717, 1.165) is 43.0 Å². The van der Waals surface area contributed by atoms with Gasteiger partial charge in [-0.25, -0.2) is 4.98 Å². The van der Waals surface area contributed by atoms with Gasteiger partial charge in [0.2, 0.25) is 0 Å². The molecule has 2 aromatic rings. The monoisotopic (exact) mass is 352 g/mol. The van der Waals surface area contributed by atoms with Gasteiger partial charge in [0.25, 0.3) is 5.91 Å². The van der Waals surface area contributed by atoms with Crippen LogP contribution in [-0.2, 0) is 0 Å². The summed E-state index contributed by atoms with van der Waals surface area (Å²) in [6.07, 6.45) is 6.12. The van der Waals surface area contributed by atoms with Crippen LogP contribution in [0.1, 0.15) is 43.0 Å². The number of benzene rings is 1. The molecule has 1 amide bonds. The lowest BCUT2D eigenvalue weighted by molar-refractivity contribution is 0.0607. The minimum Gasteiger partial charge on any atom is -0.378 e. The molecule has 1 aromatic heterocycles. The number of amides is 1. The van der Waals surface area contributed by atoms with Crippen LogP contribution in [0.4, 0.5) is 17.2 Å². The Morgan fingerprint density at radius 1 is 1.19 bits per heavy atom. The Labute approximate surface area is 156 Å². The fourth-order valence-electron chi connectivity index (χ4n) is 3.44. The van der Waals surface area contributed by atoms with E-state index in [1.807, 2.05) is 43.3 Å². The van der Waals surface area contributed by atoms with Crippen molar-refractivity contribution in [3.63, 3.8) is 0 Å². The second kappa shape index (κ2) is 8.21. The van der Waals surface area contributed by atoms with Crippen LogP contribution in [0.5, 0.6) is 0 Å². The summed E-state index contributed by atoms with van der Waals surface area (Å²) in [6.45, 7) is 3.01. The van der Waals surface area contributed by atoms with Gasteiger partial charge in [0.05, 0.1) is 5.56 Å². The van der Waals surface area contributed by atoms with E-state index < -0.39 is 0 Å². The molecule has 1 aliphatic heterocycles. The van der Waals surface area contributed by atoms with Gasteiger partial charge in [-0.3, -0.25) is 4.79 Å². The fraction of sp³-hybridized carbons (Fsp3) is 0.429. The van der Waals surface area contributed by atoms with Crippen molar-refractivity contribution in [2.45, 2.75) is 38.6 Å². The number of carbonyl (C=O) groups is 1. The summed E-state index contributed by atoms with van der Waals surface area (Å²) in [5.41, 5.74) is 2.79. The smallest absolute Gasteiger partial charge is 0.255 e. The number of aromatic nitrogens is 1. The maximum atomic E-state index is 12.8. The van der Waals surface area contributed by atoms with Gasteiger partial charge < -0.3 is 15.1 Å². The standard InChI is InChI=1S/C21H28N4O/c1-4-18-7-5-6-14-25(18)21(26)16-8-13-20(22-15-16)23-17-9-11-19(12-10-17)24(2)3/h8-13,15,18H,4-7,14H2,1-3H3,(H,22,23). The summed E-state index contributed by atoms with van der Waals surface area (Å²) < 4.78 is 0. The second-order valence-electron chi connectivity index (χ2n) is 7.05. The number of hydrogen-bond acceptors (Lipinski definition) is 4. The number of anilines is 3. The number of pyridine rings is 1. The first kappa shape index (κ1) is 18.2. The number of hydrogen-bond donors (Lipinski definition) is 1. The summed E-state index contributed by atoms with van der Waals surface area (Å²) >= 11 is 0. The zero-order chi connectivity index (χ0) is 18.5. The molecule has 0 bridgehead atoms. The molecule has 0 radical (unpaired) electrons. The average Bonchev–Trinajstić information content (AvgIpc) is 2.68. The Kier molecular flexibility index (Phi) is 5.76. The van der Waals surface area contributed by atoms with E-state index in [9.17, 15) is 4.79 Å². The fourth-order valence-corrected chi connectivity index (χ4v) is 3.44. The highest BCUT2D eigenvalue weighted by Crippen LogP contribution is 2.23. The Balaban J connectivity index is 1.67. The van der Waals surface area contributed by atoms with Gasteiger partial charge in [0.15, 0.2) is 0 Å². The molecular weight excluding hydrogens is 324 g/mol. The van der Waals surface area contributed by atoms with E-state index in [-0.39, 0.29) is 5.91 Å². The first-order valence-electron chi connectivity index (χ1n) is 9.40. The summed E-state index contributed by atoms with van der Waals surface area (Å²) in [5.74, 6) is 0.843. The van der Waals surface area contributed by atoms with E-state index in [0.29, 0.717) is 11.6 Å². The highest BCUT2D eigenvalue weighted by Gasteiger charge is 2.26. The molecule has 2 heterocycles. The van der Waals surface area contributed by atoms with Gasteiger partial charge in [-0.2, -0.15) is 0 Å². The Bertz CT molecular complexity index is 725. The number of nitrogens with zero attached hydrogens (tertiary/aromatic N) is 3. The van der Waals surface area contributed by atoms with Crippen molar-refractivity contribution in [1.29, 1.82) is 0 Å². The summed E-state index contributed by atoms with van der Waals surface area (Å²) in [6, 6.07) is 12.3. The van der Waals surface area contributed by atoms with E-state index in [1.165, 1.54) is 6.42 Å². The third kappa shape index (κ3) is 4.15. The molecule has 1 N–H and O–H groups in total. The maximum Gasteiger partial charge on any atom is 0.255 e. The van der Waals surface area contributed by atoms with E-state index >= 15 is 0 Å². The lowest BCUT2D eigenvalue weighted by Gasteiger charge is -2.35. The molecule has 1 fully saturated rings. The third-order valence-corrected chi connectivity index (χ3v) is 5.03. The van der Waals surface area contributed by atoms with E-state index in [4.69, 9.17) is 0 Å². The van der Waals surface area contributed by atoms with Crippen LogP contribution in [0.15, 0.2) is 42.6 Å². The molecule has 26 heavy (non-hydrogen) atoms. The molecule has 1 aromatic carbocycles. The van der Waals surface area contributed by atoms with Crippen LogP contribution < -0.4 is 10.2 Å². The molecular formula is C21H28N4O. The molecule has 1 atom stereocenters. The van der Waals surface area contributed by atoms with Crippen molar-refractivity contribution in [3.8, 4) is 0 Å². The van der Waals surface area contributed by atoms with E-state index in [2.05, 4.69) is 34.3 Å². The minimum absolute atomic E-state index is 0.103. The first-order chi connectivity index (χ1) is 12.6. The number of rotatable bonds is 5. The van der Waals surface area contributed by atoms with E-state index in [1.54, 1.807) is 6.20 Å². The van der Waals surface area contributed by atoms with Crippen molar-refractivity contribution in [2.24, 2.45) is 0 Å². The van der Waals surface area contributed by atoms with Crippen LogP contribution in [-0.4, -0.2) is 42.5 Å². The van der Waals surface area contributed by atoms with Gasteiger partial charge in [0, 0.05) is 44.3 Å². The molecule has 5 heteroatoms. The Morgan fingerprint density at radius 2 is 1.96 bits per heavy atom. The van der Waals surface area contributed by atoms with Gasteiger partial charge in [0.1, 0.15) is 5.82 Å². The highest BCUT2D eigenvalue weighted by atomic mass is 16.2. The minimum atomic E-state index is 0.103. The molecule has 138 valence electrons. The molecule has 5 nitrogen and oxygen atoms in total. The zero-order valence-electron chi connectivity index (χ0n) is 15.9. The summed E-state index contributed by atoms with van der Waals surface area (Å²) in [4.78, 5) is 21.3. The molecule has 1 unspecified atom stereocenters. The van der Waals surface area contributed by atoms with Crippen molar-refractivity contribution < 1.29 is 4.79 Å². The average molecular weight is 352 g/mol. The largest absolute Gasteiger partial charge is 0.378 e. The molecule has 1 saturated heterocycles. The number of likely N-dealkylation sites (tertiary alicyclic amines) is 1. The van der Waals surface area contributed by atoms with Crippen LogP contribution in [0.25, 0.3) is 0 Å². The van der Waals surface area contributed by atoms with Gasteiger partial charge in [-0.05, 0) is 62.1 Å². The second-order valence-corrected chi connectivity index (χ2v) is 7.05. The molecule has 1 aliphatic rings. The maximum absolute atomic E-state index is 12.8.